The number of hydrogen-bond acceptors (Lipinski definition) is 14. The SMILES string of the molecule is O=c1cc(-c2ccc(O)cc2)oc2c([C@@H]3OC[C@@H](O)[C@H](O)C3O)c(O)c([C@@H]3OC(CO)[C@@H](O)[C@H](O)C3O)c(O)c12. The van der Waals surface area contributed by atoms with E-state index >= 15 is 0 Å². The number of hydrogen-bond donors (Lipinski definition) is 10. The summed E-state index contributed by atoms with van der Waals surface area (Å²) in [6.45, 7) is -1.34. The van der Waals surface area contributed by atoms with E-state index < -0.39 is 107 Å². The van der Waals surface area contributed by atoms with Crippen molar-refractivity contribution in [1.82, 2.24) is 0 Å². The summed E-state index contributed by atoms with van der Waals surface area (Å²) in [7, 11) is 0. The molecule has 0 spiro atoms. The fourth-order valence-corrected chi connectivity index (χ4v) is 5.11. The third-order valence-corrected chi connectivity index (χ3v) is 7.31. The van der Waals surface area contributed by atoms with E-state index in [0.29, 0.717) is 5.56 Å². The average Bonchev–Trinajstić information content (AvgIpc) is 2.92. The van der Waals surface area contributed by atoms with Gasteiger partial charge in [-0.2, -0.15) is 0 Å². The van der Waals surface area contributed by atoms with Crippen LogP contribution in [-0.2, 0) is 9.47 Å². The van der Waals surface area contributed by atoms with Gasteiger partial charge in [0.25, 0.3) is 0 Å². The first-order chi connectivity index (χ1) is 19.0. The van der Waals surface area contributed by atoms with Gasteiger partial charge in [-0.3, -0.25) is 4.79 Å². The lowest BCUT2D eigenvalue weighted by Gasteiger charge is -2.41. The number of benzene rings is 2. The van der Waals surface area contributed by atoms with Crippen LogP contribution in [0.2, 0.25) is 0 Å². The largest absolute Gasteiger partial charge is 0.508 e. The zero-order chi connectivity index (χ0) is 29.0. The maximum Gasteiger partial charge on any atom is 0.197 e. The number of aliphatic hydroxyl groups excluding tert-OH is 7. The van der Waals surface area contributed by atoms with Gasteiger partial charge in [0.1, 0.15) is 83.3 Å². The Morgan fingerprint density at radius 1 is 0.775 bits per heavy atom. The summed E-state index contributed by atoms with van der Waals surface area (Å²) >= 11 is 0. The van der Waals surface area contributed by atoms with Crippen molar-refractivity contribution in [3.8, 4) is 28.6 Å². The van der Waals surface area contributed by atoms with Gasteiger partial charge in [0.05, 0.1) is 24.3 Å². The molecule has 14 heteroatoms. The Morgan fingerprint density at radius 2 is 1.43 bits per heavy atom. The van der Waals surface area contributed by atoms with Gasteiger partial charge in [-0.25, -0.2) is 0 Å². The summed E-state index contributed by atoms with van der Waals surface area (Å²) in [6.07, 6.45) is -15.7. The number of phenols is 3. The van der Waals surface area contributed by atoms with Crippen LogP contribution in [0.25, 0.3) is 22.3 Å². The van der Waals surface area contributed by atoms with Crippen LogP contribution in [0.3, 0.4) is 0 Å². The Morgan fingerprint density at radius 3 is 2.08 bits per heavy atom. The second-order valence-electron chi connectivity index (χ2n) is 9.80. The number of aliphatic hydroxyl groups is 7. The monoisotopic (exact) mass is 564 g/mol. The molecule has 40 heavy (non-hydrogen) atoms. The van der Waals surface area contributed by atoms with E-state index in [2.05, 4.69) is 0 Å². The van der Waals surface area contributed by atoms with Crippen molar-refractivity contribution in [3.05, 3.63) is 51.7 Å². The van der Waals surface area contributed by atoms with Crippen LogP contribution in [0.4, 0.5) is 0 Å². The molecule has 2 aromatic carbocycles. The van der Waals surface area contributed by atoms with Crippen molar-refractivity contribution in [2.75, 3.05) is 13.2 Å². The molecule has 3 heterocycles. The van der Waals surface area contributed by atoms with Crippen molar-refractivity contribution in [1.29, 1.82) is 0 Å². The number of fused-ring (bicyclic) bond motifs is 1. The molecule has 2 fully saturated rings. The predicted octanol–water partition coefficient (Wildman–Crippen LogP) is -1.75. The standard InChI is InChI=1S/C26H28O14/c27-6-13-18(32)21(35)23(37)26(40-13)15-19(33)14-10(29)5-12(8-1-3-9(28)4-2-8)39-24(14)16(20(15)34)25-22(36)17(31)11(30)7-38-25/h1-5,11,13,17-18,21-23,25-28,30-37H,6-7H2/t11-,13?,17+,18-,21+,22?,23?,25+,26+/m1/s1. The molecule has 10 N–H and O–H groups in total. The molecule has 2 aliphatic heterocycles. The van der Waals surface area contributed by atoms with Gasteiger partial charge in [0.15, 0.2) is 11.0 Å². The van der Waals surface area contributed by atoms with Crippen LogP contribution in [-0.4, -0.2) is 107 Å². The number of aromatic hydroxyl groups is 3. The van der Waals surface area contributed by atoms with Gasteiger partial charge in [-0.05, 0) is 24.3 Å². The summed E-state index contributed by atoms with van der Waals surface area (Å²) in [5.41, 5.74) is -2.15. The maximum absolute atomic E-state index is 13.4. The van der Waals surface area contributed by atoms with E-state index in [9.17, 15) is 55.9 Å². The lowest BCUT2D eigenvalue weighted by atomic mass is 9.85. The van der Waals surface area contributed by atoms with Crippen LogP contribution in [0, 0.1) is 0 Å². The lowest BCUT2D eigenvalue weighted by Crippen LogP contribution is -2.55. The van der Waals surface area contributed by atoms with Gasteiger partial charge in [0.2, 0.25) is 0 Å². The normalized spacial score (nSPS) is 32.8. The van der Waals surface area contributed by atoms with E-state index in [1.54, 1.807) is 0 Å². The molecule has 3 aromatic rings. The minimum absolute atomic E-state index is 0.0710. The third-order valence-electron chi connectivity index (χ3n) is 7.31. The summed E-state index contributed by atoms with van der Waals surface area (Å²) in [4.78, 5) is 13.4. The molecule has 2 saturated heterocycles. The van der Waals surface area contributed by atoms with E-state index in [1.165, 1.54) is 24.3 Å². The van der Waals surface area contributed by atoms with E-state index in [0.717, 1.165) is 6.07 Å². The molecule has 0 aliphatic carbocycles. The van der Waals surface area contributed by atoms with Crippen LogP contribution in [0.1, 0.15) is 23.3 Å². The van der Waals surface area contributed by atoms with E-state index in [-0.39, 0.29) is 11.5 Å². The highest BCUT2D eigenvalue weighted by molar-refractivity contribution is 5.92. The maximum atomic E-state index is 13.4. The van der Waals surface area contributed by atoms with Crippen LogP contribution in [0.5, 0.6) is 17.2 Å². The highest BCUT2D eigenvalue weighted by atomic mass is 16.5. The zero-order valence-electron chi connectivity index (χ0n) is 20.6. The summed E-state index contributed by atoms with van der Waals surface area (Å²) < 4.78 is 16.9. The second-order valence-corrected chi connectivity index (χ2v) is 9.80. The molecular formula is C26H28O14. The summed E-state index contributed by atoms with van der Waals surface area (Å²) in [6, 6.07) is 6.50. The lowest BCUT2D eigenvalue weighted by molar-refractivity contribution is -0.232. The first kappa shape index (κ1) is 28.2. The topological polar surface area (TPSA) is 251 Å². The molecule has 5 rings (SSSR count). The van der Waals surface area contributed by atoms with Crippen molar-refractivity contribution in [2.24, 2.45) is 0 Å². The van der Waals surface area contributed by atoms with E-state index in [4.69, 9.17) is 13.9 Å². The zero-order valence-corrected chi connectivity index (χ0v) is 20.6. The fraction of sp³-hybridized carbons (Fsp3) is 0.423. The summed E-state index contributed by atoms with van der Waals surface area (Å²) in [5.74, 6) is -2.01. The molecule has 3 unspecified atom stereocenters. The van der Waals surface area contributed by atoms with Crippen molar-refractivity contribution < 1.29 is 65.0 Å². The Bertz CT molecular complexity index is 1450. The second kappa shape index (κ2) is 10.6. The number of ether oxygens (including phenoxy) is 2. The van der Waals surface area contributed by atoms with E-state index in [1.807, 2.05) is 0 Å². The third kappa shape index (κ3) is 4.49. The molecule has 14 nitrogen and oxygen atoms in total. The van der Waals surface area contributed by atoms with Crippen molar-refractivity contribution in [2.45, 2.75) is 54.9 Å². The van der Waals surface area contributed by atoms with Gasteiger partial charge in [-0.1, -0.05) is 0 Å². The van der Waals surface area contributed by atoms with Crippen LogP contribution in [0.15, 0.2) is 39.5 Å². The average molecular weight is 564 g/mol. The van der Waals surface area contributed by atoms with Gasteiger partial charge in [0, 0.05) is 11.6 Å². The Balaban J connectivity index is 1.80. The van der Waals surface area contributed by atoms with Crippen LogP contribution >= 0.6 is 0 Å². The molecule has 0 saturated carbocycles. The molecule has 9 atom stereocenters. The highest BCUT2D eigenvalue weighted by Gasteiger charge is 2.48. The molecule has 0 radical (unpaired) electrons. The summed E-state index contributed by atoms with van der Waals surface area (Å²) in [5, 5.41) is 104. The van der Waals surface area contributed by atoms with Gasteiger partial charge in [-0.15, -0.1) is 0 Å². The molecule has 216 valence electrons. The number of phenolic OH excluding ortho intramolecular Hbond substituents is 3. The molecule has 0 bridgehead atoms. The number of rotatable bonds is 4. The smallest absolute Gasteiger partial charge is 0.197 e. The minimum Gasteiger partial charge on any atom is -0.508 e. The Labute approximate surface area is 224 Å². The Kier molecular flexibility index (Phi) is 7.47. The fourth-order valence-electron chi connectivity index (χ4n) is 5.11. The van der Waals surface area contributed by atoms with Crippen molar-refractivity contribution in [3.63, 3.8) is 0 Å². The Hall–Kier alpha value is -3.31. The van der Waals surface area contributed by atoms with Crippen molar-refractivity contribution >= 4 is 11.0 Å². The molecule has 2 aliphatic rings. The quantitative estimate of drug-likeness (QED) is 0.169. The molecule has 0 amide bonds. The van der Waals surface area contributed by atoms with Crippen LogP contribution < -0.4 is 5.43 Å². The van der Waals surface area contributed by atoms with Gasteiger partial charge < -0.3 is 65.0 Å². The highest BCUT2D eigenvalue weighted by Crippen LogP contribution is 2.50. The minimum atomic E-state index is -1.98. The molecule has 1 aromatic heterocycles. The molecular weight excluding hydrogens is 536 g/mol. The predicted molar refractivity (Wildman–Crippen MR) is 132 cm³/mol. The first-order valence-corrected chi connectivity index (χ1v) is 12.3. The van der Waals surface area contributed by atoms with Gasteiger partial charge >= 0.3 is 0 Å². The first-order valence-electron chi connectivity index (χ1n) is 12.3.